The summed E-state index contributed by atoms with van der Waals surface area (Å²) in [6, 6.07) is 10.8. The van der Waals surface area contributed by atoms with Gasteiger partial charge in [0.2, 0.25) is 0 Å². The van der Waals surface area contributed by atoms with Crippen molar-refractivity contribution >= 4 is 16.7 Å². The van der Waals surface area contributed by atoms with Crippen LogP contribution in [-0.2, 0) is 0 Å². The number of para-hydroxylation sites is 1. The van der Waals surface area contributed by atoms with E-state index >= 15 is 0 Å². The lowest BCUT2D eigenvalue weighted by molar-refractivity contribution is 0.103. The average molecular weight is 408 g/mol. The number of hydrogen-bond acceptors (Lipinski definition) is 7. The number of benzene rings is 1. The number of nitrogens with zero attached hydrogens (tertiary/aromatic N) is 4. The lowest BCUT2D eigenvalue weighted by atomic mass is 9.92. The Labute approximate surface area is 176 Å². The van der Waals surface area contributed by atoms with Gasteiger partial charge in [-0.05, 0) is 38.3 Å². The summed E-state index contributed by atoms with van der Waals surface area (Å²) in [6.07, 6.45) is 6.81. The van der Waals surface area contributed by atoms with Gasteiger partial charge in [0.1, 0.15) is 5.82 Å². The first kappa shape index (κ1) is 19.5. The van der Waals surface area contributed by atoms with Gasteiger partial charge in [0.05, 0.1) is 17.2 Å². The molecule has 2 N–H and O–H groups in total. The standard InChI is InChI=1S/C23H29N5O2/c1-15-24-23(30-27-15)18-13-16-7-5-6-10-19(16)26-22(18)28-12-11-20(21(29)14-28)25-17-8-3-2-4-9-17/h5-7,10,13,17,20-21,25,29H,2-4,8-9,11-12,14H2,1H3/t20-,21+/m0/s1. The number of nitrogens with one attached hydrogen (secondary N) is 1. The van der Waals surface area contributed by atoms with Crippen molar-refractivity contribution in [1.82, 2.24) is 20.4 Å². The monoisotopic (exact) mass is 407 g/mol. The molecule has 1 aromatic carbocycles. The first-order chi connectivity index (χ1) is 14.7. The molecule has 7 nitrogen and oxygen atoms in total. The average Bonchev–Trinajstić information content (AvgIpc) is 3.21. The molecule has 0 bridgehead atoms. The smallest absolute Gasteiger partial charge is 0.261 e. The zero-order chi connectivity index (χ0) is 20.5. The highest BCUT2D eigenvalue weighted by molar-refractivity contribution is 5.87. The molecule has 0 unspecified atom stereocenters. The quantitative estimate of drug-likeness (QED) is 0.685. The number of aliphatic hydroxyl groups is 1. The summed E-state index contributed by atoms with van der Waals surface area (Å²) in [6.45, 7) is 3.18. The predicted octanol–water partition coefficient (Wildman–Crippen LogP) is 3.46. The molecule has 1 aliphatic carbocycles. The zero-order valence-electron chi connectivity index (χ0n) is 17.4. The molecule has 1 aliphatic heterocycles. The highest BCUT2D eigenvalue weighted by Gasteiger charge is 2.32. The summed E-state index contributed by atoms with van der Waals surface area (Å²) in [5.41, 5.74) is 1.74. The van der Waals surface area contributed by atoms with E-state index in [0.717, 1.165) is 35.2 Å². The number of anilines is 1. The third-order valence-electron chi connectivity index (χ3n) is 6.40. The SMILES string of the molecule is Cc1noc(-c2cc3ccccc3nc2N2CC[C@H](NC3CCCCC3)[C@H](O)C2)n1. The van der Waals surface area contributed by atoms with E-state index in [1.165, 1.54) is 32.1 Å². The van der Waals surface area contributed by atoms with Crippen LogP contribution in [0.1, 0.15) is 44.3 Å². The minimum absolute atomic E-state index is 0.138. The molecule has 3 heterocycles. The van der Waals surface area contributed by atoms with E-state index in [-0.39, 0.29) is 6.04 Å². The molecular formula is C23H29N5O2. The maximum atomic E-state index is 10.9. The largest absolute Gasteiger partial charge is 0.390 e. The molecule has 1 saturated heterocycles. The second kappa shape index (κ2) is 8.32. The molecule has 1 saturated carbocycles. The van der Waals surface area contributed by atoms with Crippen LogP contribution < -0.4 is 10.2 Å². The van der Waals surface area contributed by atoms with Crippen molar-refractivity contribution in [1.29, 1.82) is 0 Å². The van der Waals surface area contributed by atoms with Gasteiger partial charge in [-0.3, -0.25) is 0 Å². The van der Waals surface area contributed by atoms with E-state index in [0.29, 0.717) is 24.3 Å². The van der Waals surface area contributed by atoms with E-state index in [1.807, 2.05) is 31.2 Å². The molecule has 3 aromatic rings. The van der Waals surface area contributed by atoms with Crippen molar-refractivity contribution < 1.29 is 9.63 Å². The Morgan fingerprint density at radius 1 is 1.10 bits per heavy atom. The number of rotatable bonds is 4. The Hall–Kier alpha value is -2.51. The van der Waals surface area contributed by atoms with Gasteiger partial charge < -0.3 is 19.8 Å². The van der Waals surface area contributed by atoms with Gasteiger partial charge in [-0.1, -0.05) is 42.6 Å². The zero-order valence-corrected chi connectivity index (χ0v) is 17.4. The molecule has 0 amide bonds. The highest BCUT2D eigenvalue weighted by atomic mass is 16.5. The van der Waals surface area contributed by atoms with Gasteiger partial charge in [0.25, 0.3) is 5.89 Å². The highest BCUT2D eigenvalue weighted by Crippen LogP contribution is 2.33. The number of hydrogen-bond donors (Lipinski definition) is 2. The van der Waals surface area contributed by atoms with Gasteiger partial charge in [-0.25, -0.2) is 4.98 Å². The lowest BCUT2D eigenvalue weighted by Gasteiger charge is -2.39. The van der Waals surface area contributed by atoms with Crippen LogP contribution in [0.25, 0.3) is 22.4 Å². The molecule has 5 rings (SSSR count). The van der Waals surface area contributed by atoms with Crippen LogP contribution in [0.4, 0.5) is 5.82 Å². The minimum atomic E-state index is -0.439. The molecule has 2 fully saturated rings. The third kappa shape index (κ3) is 3.91. The Kier molecular flexibility index (Phi) is 5.39. The molecule has 30 heavy (non-hydrogen) atoms. The summed E-state index contributed by atoms with van der Waals surface area (Å²) in [5, 5.41) is 19.6. The predicted molar refractivity (Wildman–Crippen MR) is 116 cm³/mol. The summed E-state index contributed by atoms with van der Waals surface area (Å²) in [7, 11) is 0. The molecule has 2 atom stereocenters. The second-order valence-electron chi connectivity index (χ2n) is 8.61. The maximum absolute atomic E-state index is 10.9. The summed E-state index contributed by atoms with van der Waals surface area (Å²) < 4.78 is 5.48. The number of β-amino-alcohol motifs (C(OH)–C–C–N with tert-alkyl or cyclic N) is 1. The van der Waals surface area contributed by atoms with Crippen LogP contribution in [0.5, 0.6) is 0 Å². The van der Waals surface area contributed by atoms with E-state index in [9.17, 15) is 5.11 Å². The van der Waals surface area contributed by atoms with Gasteiger partial charge in [-0.15, -0.1) is 0 Å². The Morgan fingerprint density at radius 3 is 2.70 bits per heavy atom. The number of aliphatic hydroxyl groups excluding tert-OH is 1. The van der Waals surface area contributed by atoms with Crippen LogP contribution in [0.15, 0.2) is 34.9 Å². The van der Waals surface area contributed by atoms with Crippen molar-refractivity contribution in [2.24, 2.45) is 0 Å². The molecule has 2 aliphatic rings. The molecule has 158 valence electrons. The van der Waals surface area contributed by atoms with Crippen LogP contribution in [0.2, 0.25) is 0 Å². The first-order valence-corrected chi connectivity index (χ1v) is 11.1. The summed E-state index contributed by atoms with van der Waals surface area (Å²) in [5.74, 6) is 1.87. The van der Waals surface area contributed by atoms with Crippen LogP contribution in [0.3, 0.4) is 0 Å². The van der Waals surface area contributed by atoms with Crippen molar-refractivity contribution in [3.05, 3.63) is 36.2 Å². The van der Waals surface area contributed by atoms with Crippen molar-refractivity contribution in [3.8, 4) is 11.5 Å². The van der Waals surface area contributed by atoms with E-state index < -0.39 is 6.10 Å². The van der Waals surface area contributed by atoms with Crippen LogP contribution in [0, 0.1) is 6.92 Å². The van der Waals surface area contributed by atoms with Crippen LogP contribution in [-0.4, -0.2) is 51.5 Å². The fourth-order valence-electron chi connectivity index (χ4n) is 4.80. The van der Waals surface area contributed by atoms with Gasteiger partial charge in [0, 0.05) is 30.6 Å². The van der Waals surface area contributed by atoms with Crippen molar-refractivity contribution in [3.63, 3.8) is 0 Å². The fourth-order valence-corrected chi connectivity index (χ4v) is 4.80. The Balaban J connectivity index is 1.41. The molecule has 0 radical (unpaired) electrons. The molecular weight excluding hydrogens is 378 g/mol. The molecule has 0 spiro atoms. The number of aryl methyl sites for hydroxylation is 1. The Morgan fingerprint density at radius 2 is 1.93 bits per heavy atom. The molecule has 7 heteroatoms. The molecule has 2 aromatic heterocycles. The number of piperidine rings is 1. The maximum Gasteiger partial charge on any atom is 0.261 e. The first-order valence-electron chi connectivity index (χ1n) is 11.1. The number of pyridine rings is 1. The van der Waals surface area contributed by atoms with Gasteiger partial charge in [-0.2, -0.15) is 4.98 Å². The van der Waals surface area contributed by atoms with E-state index in [2.05, 4.69) is 26.4 Å². The van der Waals surface area contributed by atoms with Crippen LogP contribution >= 0.6 is 0 Å². The summed E-state index contributed by atoms with van der Waals surface area (Å²) >= 11 is 0. The topological polar surface area (TPSA) is 87.3 Å². The second-order valence-corrected chi connectivity index (χ2v) is 8.61. The normalized spacial score (nSPS) is 23.2. The van der Waals surface area contributed by atoms with E-state index in [1.54, 1.807) is 0 Å². The van der Waals surface area contributed by atoms with Crippen molar-refractivity contribution in [2.75, 3.05) is 18.0 Å². The summed E-state index contributed by atoms with van der Waals surface area (Å²) in [4.78, 5) is 11.5. The Bertz CT molecular complexity index is 1010. The van der Waals surface area contributed by atoms with E-state index in [4.69, 9.17) is 9.51 Å². The minimum Gasteiger partial charge on any atom is -0.390 e. The third-order valence-corrected chi connectivity index (χ3v) is 6.40. The van der Waals surface area contributed by atoms with Crippen molar-refractivity contribution in [2.45, 2.75) is 63.6 Å². The number of aromatic nitrogens is 3. The van der Waals surface area contributed by atoms with Gasteiger partial charge in [0.15, 0.2) is 5.82 Å². The lowest BCUT2D eigenvalue weighted by Crippen LogP contribution is -2.55. The number of fused-ring (bicyclic) bond motifs is 1. The fraction of sp³-hybridized carbons (Fsp3) is 0.522. The van der Waals surface area contributed by atoms with Gasteiger partial charge >= 0.3 is 0 Å².